The molecule has 0 unspecified atom stereocenters. The normalized spacial score (nSPS) is 11.7. The van der Waals surface area contributed by atoms with Crippen LogP contribution in [0.15, 0.2) is 0 Å². The summed E-state index contributed by atoms with van der Waals surface area (Å²) in [4.78, 5) is 11.6. The molecule has 84 valence electrons. The molecule has 0 heterocycles. The van der Waals surface area contributed by atoms with Crippen LogP contribution in [0.5, 0.6) is 0 Å². The fraction of sp³-hybridized carbons (Fsp3) is 0.857. The molecule has 3 nitrogen and oxygen atoms in total. The van der Waals surface area contributed by atoms with E-state index in [0.717, 1.165) is 7.05 Å². The second-order valence-electron chi connectivity index (χ2n) is 4.07. The van der Waals surface area contributed by atoms with Crippen LogP contribution >= 0.6 is 0 Å². The van der Waals surface area contributed by atoms with Crippen molar-refractivity contribution in [3.63, 3.8) is 0 Å². The summed E-state index contributed by atoms with van der Waals surface area (Å²) in [7, 11) is 1.06. The molecule has 1 amide bonds. The zero-order valence-corrected chi connectivity index (χ0v) is 12.8. The molecule has 8 heteroatoms. The minimum atomic E-state index is -5.00. The molecule has 0 N–H and O–H groups in total. The molecule has 0 atom stereocenters. The standard InChI is InChI=1S/C7H14BF3NO2.K/c1-7(2,3)14-6(13)12(4)5-8(9,10)11;/h5H2,1-4H3;/q-1;+1. The molecule has 0 aromatic rings. The maximum Gasteiger partial charge on any atom is 1.00 e. The van der Waals surface area contributed by atoms with Crippen LogP contribution in [0.3, 0.4) is 0 Å². The third-order valence-electron chi connectivity index (χ3n) is 1.19. The molecule has 15 heavy (non-hydrogen) atoms. The van der Waals surface area contributed by atoms with Crippen molar-refractivity contribution in [3.8, 4) is 0 Å². The summed E-state index contributed by atoms with van der Waals surface area (Å²) >= 11 is 0. The quantitative estimate of drug-likeness (QED) is 0.604. The van der Waals surface area contributed by atoms with E-state index in [1.807, 2.05) is 0 Å². The predicted octanol–water partition coefficient (Wildman–Crippen LogP) is -0.756. The minimum absolute atomic E-state index is 0. The molecule has 0 spiro atoms. The van der Waals surface area contributed by atoms with Crippen molar-refractivity contribution in [2.75, 3.05) is 13.5 Å². The maximum absolute atomic E-state index is 11.9. The fourth-order valence-corrected chi connectivity index (χ4v) is 0.725. The molecule has 0 fully saturated rings. The molecule has 0 aromatic heterocycles. The molecule has 0 saturated heterocycles. The van der Waals surface area contributed by atoms with Crippen molar-refractivity contribution < 1.29 is 73.9 Å². The van der Waals surface area contributed by atoms with Gasteiger partial charge in [-0.2, -0.15) is 0 Å². The van der Waals surface area contributed by atoms with Crippen LogP contribution in [0, 0.1) is 0 Å². The van der Waals surface area contributed by atoms with Crippen LogP contribution in [0.1, 0.15) is 20.8 Å². The van der Waals surface area contributed by atoms with E-state index in [-0.39, 0.29) is 51.4 Å². The Morgan fingerprint density at radius 2 is 1.73 bits per heavy atom. The number of rotatable bonds is 2. The molecule has 0 saturated carbocycles. The molecule has 0 rings (SSSR count). The fourth-order valence-electron chi connectivity index (χ4n) is 0.725. The molecular formula is C7H14BF3KNO2. The molecular weight excluding hydrogens is 237 g/mol. The van der Waals surface area contributed by atoms with Gasteiger partial charge in [0.2, 0.25) is 0 Å². The van der Waals surface area contributed by atoms with Crippen molar-refractivity contribution >= 4 is 13.1 Å². The summed E-state index contributed by atoms with van der Waals surface area (Å²) < 4.78 is 40.5. The van der Waals surface area contributed by atoms with Gasteiger partial charge in [-0.25, -0.2) is 4.79 Å². The molecule has 0 aliphatic carbocycles. The third kappa shape index (κ3) is 11.0. The molecule has 0 aliphatic rings. The second kappa shape index (κ2) is 6.49. The first kappa shape index (κ1) is 18.1. The van der Waals surface area contributed by atoms with Crippen molar-refractivity contribution in [1.29, 1.82) is 0 Å². The Kier molecular flexibility index (Phi) is 7.84. The number of carbonyl (C=O) groups is 1. The number of hydrogen-bond donors (Lipinski definition) is 0. The number of carbonyl (C=O) groups excluding carboxylic acids is 1. The van der Waals surface area contributed by atoms with Gasteiger partial charge in [-0.3, -0.25) is 0 Å². The molecule has 0 bridgehead atoms. The average Bonchev–Trinajstić information content (AvgIpc) is 1.78. The zero-order chi connectivity index (χ0) is 11.6. The smallest absolute Gasteiger partial charge is 0.448 e. The molecule has 0 aliphatic heterocycles. The summed E-state index contributed by atoms with van der Waals surface area (Å²) in [6.07, 6.45) is -2.20. The van der Waals surface area contributed by atoms with Crippen molar-refractivity contribution in [1.82, 2.24) is 4.90 Å². The van der Waals surface area contributed by atoms with Gasteiger partial charge < -0.3 is 22.6 Å². The number of halogens is 3. The van der Waals surface area contributed by atoms with Gasteiger partial charge in [-0.1, -0.05) is 0 Å². The number of hydrogen-bond acceptors (Lipinski definition) is 2. The first-order valence-electron chi connectivity index (χ1n) is 4.16. The second-order valence-corrected chi connectivity index (χ2v) is 4.07. The van der Waals surface area contributed by atoms with Crippen LogP contribution in [-0.2, 0) is 4.74 Å². The Hall–Kier alpha value is 0.761. The van der Waals surface area contributed by atoms with Crippen LogP contribution in [0.4, 0.5) is 17.7 Å². The maximum atomic E-state index is 11.9. The number of nitrogens with zero attached hydrogens (tertiary/aromatic N) is 1. The van der Waals surface area contributed by atoms with E-state index in [1.54, 1.807) is 20.8 Å². The Balaban J connectivity index is 0. The van der Waals surface area contributed by atoms with Gasteiger partial charge in [-0.05, 0) is 27.2 Å². The van der Waals surface area contributed by atoms with Gasteiger partial charge in [-0.15, -0.1) is 0 Å². The summed E-state index contributed by atoms with van der Waals surface area (Å²) in [6, 6.07) is 0. The van der Waals surface area contributed by atoms with Crippen molar-refractivity contribution in [3.05, 3.63) is 0 Å². The van der Waals surface area contributed by atoms with Gasteiger partial charge in [0.15, 0.2) is 0 Å². The summed E-state index contributed by atoms with van der Waals surface area (Å²) in [5.41, 5.74) is -0.774. The molecule has 0 aromatic carbocycles. The van der Waals surface area contributed by atoms with E-state index >= 15 is 0 Å². The Labute approximate surface area is 130 Å². The molecule has 0 radical (unpaired) electrons. The SMILES string of the molecule is CN(C[B-](F)(F)F)C(=O)OC(C)(C)C.[K+]. The van der Waals surface area contributed by atoms with Crippen molar-refractivity contribution in [2.24, 2.45) is 0 Å². The van der Waals surface area contributed by atoms with Crippen LogP contribution < -0.4 is 51.4 Å². The zero-order valence-electron chi connectivity index (χ0n) is 9.68. The van der Waals surface area contributed by atoms with E-state index < -0.39 is 25.1 Å². The van der Waals surface area contributed by atoms with E-state index in [1.165, 1.54) is 0 Å². The van der Waals surface area contributed by atoms with E-state index in [0.29, 0.717) is 4.90 Å². The number of ether oxygens (including phenoxy) is 1. The number of amides is 1. The van der Waals surface area contributed by atoms with E-state index in [4.69, 9.17) is 4.74 Å². The van der Waals surface area contributed by atoms with Gasteiger partial charge in [0.05, 0.1) is 0 Å². The van der Waals surface area contributed by atoms with Crippen LogP contribution in [-0.4, -0.2) is 37.1 Å². The topological polar surface area (TPSA) is 29.5 Å². The monoisotopic (exact) mass is 251 g/mol. The largest absolute Gasteiger partial charge is 1.00 e. The van der Waals surface area contributed by atoms with Crippen LogP contribution in [0.25, 0.3) is 0 Å². The summed E-state index contributed by atoms with van der Waals surface area (Å²) in [5, 5.41) is 0. The van der Waals surface area contributed by atoms with E-state index in [2.05, 4.69) is 0 Å². The Morgan fingerprint density at radius 1 is 1.33 bits per heavy atom. The summed E-state index contributed by atoms with van der Waals surface area (Å²) in [6.45, 7) is -0.214. The Bertz CT molecular complexity index is 217. The minimum Gasteiger partial charge on any atom is -0.448 e. The van der Waals surface area contributed by atoms with Crippen molar-refractivity contribution in [2.45, 2.75) is 26.4 Å². The van der Waals surface area contributed by atoms with Gasteiger partial charge in [0.1, 0.15) is 5.60 Å². The van der Waals surface area contributed by atoms with Gasteiger partial charge in [0.25, 0.3) is 0 Å². The summed E-state index contributed by atoms with van der Waals surface area (Å²) in [5.74, 6) is 0. The van der Waals surface area contributed by atoms with Gasteiger partial charge >= 0.3 is 64.5 Å². The predicted molar refractivity (Wildman–Crippen MR) is 47.9 cm³/mol. The van der Waals surface area contributed by atoms with Crippen LogP contribution in [0.2, 0.25) is 0 Å². The first-order valence-corrected chi connectivity index (χ1v) is 4.16. The first-order chi connectivity index (χ1) is 6.01. The average molecular weight is 251 g/mol. The van der Waals surface area contributed by atoms with Gasteiger partial charge in [0, 0.05) is 7.05 Å². The van der Waals surface area contributed by atoms with E-state index in [9.17, 15) is 17.7 Å². The third-order valence-corrected chi connectivity index (χ3v) is 1.19. The Morgan fingerprint density at radius 3 is 2.00 bits per heavy atom.